The van der Waals surface area contributed by atoms with Gasteiger partial charge < -0.3 is 17.3 Å². The summed E-state index contributed by atoms with van der Waals surface area (Å²) in [7, 11) is -6.00. The van der Waals surface area contributed by atoms with Gasteiger partial charge >= 0.3 is 7.25 Å². The van der Waals surface area contributed by atoms with E-state index in [4.69, 9.17) is 0 Å². The smallest absolute Gasteiger partial charge is 0.418 e. The summed E-state index contributed by atoms with van der Waals surface area (Å²) in [5.41, 5.74) is 0. The number of rotatable bonds is 0. The Morgan fingerprint density at radius 1 is 1.25 bits per heavy atom. The third kappa shape index (κ3) is 830. The normalized spacial score (nSPS) is 9.75. The van der Waals surface area contributed by atoms with E-state index >= 15 is 0 Å². The Balaban J connectivity index is 0. The molecule has 0 atom stereocenters. The third-order valence-corrected chi connectivity index (χ3v) is 0. The van der Waals surface area contributed by atoms with Gasteiger partial charge in [-0.25, -0.2) is 0 Å². The zero-order valence-electron chi connectivity index (χ0n) is 3.74. The maximum Gasteiger partial charge on any atom is 0.673 e. The van der Waals surface area contributed by atoms with Gasteiger partial charge in [-0.2, -0.15) is 0 Å². The molecule has 52 valence electrons. The van der Waals surface area contributed by atoms with E-state index in [0.717, 1.165) is 5.08 Å². The summed E-state index contributed by atoms with van der Waals surface area (Å²) in [6.45, 7) is 0. The van der Waals surface area contributed by atoms with Gasteiger partial charge in [-0.3, -0.25) is 0 Å². The van der Waals surface area contributed by atoms with Crippen molar-refractivity contribution in [3.63, 3.8) is 0 Å². The lowest BCUT2D eigenvalue weighted by molar-refractivity contribution is 0.368. The molecule has 0 bridgehead atoms. The van der Waals surface area contributed by atoms with Crippen molar-refractivity contribution in [1.82, 2.24) is 0 Å². The highest BCUT2D eigenvalue weighted by Crippen LogP contribution is 2.06. The summed E-state index contributed by atoms with van der Waals surface area (Å²) in [6.07, 6.45) is 0. The van der Waals surface area contributed by atoms with Gasteiger partial charge in [-0.15, -0.1) is 12.6 Å². The first-order valence-electron chi connectivity index (χ1n) is 1.54. The van der Waals surface area contributed by atoms with Crippen LogP contribution in [0.1, 0.15) is 0 Å². The first-order valence-corrected chi connectivity index (χ1v) is 2.88. The van der Waals surface area contributed by atoms with Crippen LogP contribution in [-0.2, 0) is 12.6 Å². The molecule has 0 saturated heterocycles. The minimum absolute atomic E-state index is 0.750. The van der Waals surface area contributed by atoms with Gasteiger partial charge in [-0.1, -0.05) is 0 Å². The van der Waals surface area contributed by atoms with Crippen molar-refractivity contribution >= 4 is 32.5 Å². The fraction of sp³-hybridized carbons (Fsp3) is 1.00. The van der Waals surface area contributed by atoms with Crippen molar-refractivity contribution in [3.05, 3.63) is 0 Å². The Labute approximate surface area is 55.6 Å². The van der Waals surface area contributed by atoms with E-state index < -0.39 is 7.25 Å². The molecule has 0 N–H and O–H groups in total. The van der Waals surface area contributed by atoms with Crippen molar-refractivity contribution in [1.29, 1.82) is 0 Å². The van der Waals surface area contributed by atoms with Crippen LogP contribution in [0.5, 0.6) is 0 Å². The number of thiol groups is 1. The lowest BCUT2D eigenvalue weighted by atomic mass is 10.3. The molecule has 0 rings (SSSR count). The van der Waals surface area contributed by atoms with E-state index in [1.165, 1.54) is 0 Å². The van der Waals surface area contributed by atoms with Gasteiger partial charge in [0.25, 0.3) is 0 Å². The van der Waals surface area contributed by atoms with Crippen LogP contribution in [0.3, 0.4) is 0 Å². The average molecular weight is 168 g/mol. The molecule has 0 aliphatic rings. The Hall–Kier alpha value is 0.485. The van der Waals surface area contributed by atoms with Crippen LogP contribution in [0.4, 0.5) is 17.3 Å². The summed E-state index contributed by atoms with van der Waals surface area (Å²) in [5.74, 6) is 0. The Kier molecular flexibility index (Phi) is 7.94. The highest BCUT2D eigenvalue weighted by molar-refractivity contribution is 7.90. The van der Waals surface area contributed by atoms with Gasteiger partial charge in [0.1, 0.15) is 5.08 Å². The van der Waals surface area contributed by atoms with E-state index in [9.17, 15) is 17.3 Å². The Bertz CT molecular complexity index is 37.8. The molecular formula is CH5BF4S2. The topological polar surface area (TPSA) is 0 Å². The largest absolute Gasteiger partial charge is 0.673 e. The highest BCUT2D eigenvalue weighted by Gasteiger charge is 2.20. The van der Waals surface area contributed by atoms with Crippen LogP contribution in [0.15, 0.2) is 0 Å². The molecule has 0 unspecified atom stereocenters. The summed E-state index contributed by atoms with van der Waals surface area (Å²) >= 11 is 6.75. The molecule has 0 saturated carbocycles. The molecule has 0 fully saturated rings. The molecular weight excluding hydrogens is 163 g/mol. The van der Waals surface area contributed by atoms with Crippen LogP contribution in [-0.4, -0.2) is 12.3 Å². The maximum absolute atomic E-state index is 9.75. The van der Waals surface area contributed by atoms with E-state index in [-0.39, 0.29) is 0 Å². The minimum Gasteiger partial charge on any atom is -0.418 e. The molecule has 8 heavy (non-hydrogen) atoms. The maximum atomic E-state index is 9.75. The standard InChI is InChI=1S/CH4S2.BF4/c2-1-3;2-1(3,4)5/h2-3H,1H2;/q;-1/p+1. The van der Waals surface area contributed by atoms with Gasteiger partial charge in [0.15, 0.2) is 0 Å². The van der Waals surface area contributed by atoms with E-state index in [0.29, 0.717) is 0 Å². The Morgan fingerprint density at radius 3 is 1.25 bits per heavy atom. The molecule has 0 amide bonds. The first-order chi connectivity index (χ1) is 3.41. The number of halogens is 4. The summed E-state index contributed by atoms with van der Waals surface area (Å²) in [5, 5.41) is 0.750. The van der Waals surface area contributed by atoms with Crippen molar-refractivity contribution in [3.8, 4) is 0 Å². The average Bonchev–Trinajstić information content (AvgIpc) is 1.27. The molecule has 7 heteroatoms. The zero-order valence-corrected chi connectivity index (χ0v) is 5.64. The zero-order chi connectivity index (χ0) is 7.21. The van der Waals surface area contributed by atoms with E-state index in [1.54, 1.807) is 0 Å². The predicted molar refractivity (Wildman–Crippen MR) is 34.2 cm³/mol. The minimum atomic E-state index is -6.00. The summed E-state index contributed by atoms with van der Waals surface area (Å²) in [4.78, 5) is 0. The molecule has 0 spiro atoms. The van der Waals surface area contributed by atoms with Crippen molar-refractivity contribution in [2.24, 2.45) is 0 Å². The van der Waals surface area contributed by atoms with Crippen LogP contribution in [0, 0.1) is 0 Å². The predicted octanol–water partition coefficient (Wildman–Crippen LogP) is 1.19. The monoisotopic (exact) mass is 168 g/mol. The van der Waals surface area contributed by atoms with Gasteiger partial charge in [0, 0.05) is 0 Å². The molecule has 0 radical (unpaired) electrons. The fourth-order valence-electron chi connectivity index (χ4n) is 0. The molecule has 0 aromatic rings. The number of hydrogen-bond acceptors (Lipinski definition) is 1. The van der Waals surface area contributed by atoms with Gasteiger partial charge in [-0.05, 0) is 12.6 Å². The molecule has 0 heterocycles. The molecule has 0 aromatic heterocycles. The lowest BCUT2D eigenvalue weighted by Crippen LogP contribution is -2.02. The van der Waals surface area contributed by atoms with Gasteiger partial charge in [0.05, 0.1) is 0 Å². The molecule has 0 nitrogen and oxygen atoms in total. The second-order valence-corrected chi connectivity index (χ2v) is 1.92. The summed E-state index contributed by atoms with van der Waals surface area (Å²) < 4.78 is 39.0. The first kappa shape index (κ1) is 11.3. The molecule has 0 aliphatic carbocycles. The van der Waals surface area contributed by atoms with Crippen LogP contribution in [0.2, 0.25) is 0 Å². The van der Waals surface area contributed by atoms with Crippen molar-refractivity contribution in [2.75, 3.05) is 5.08 Å². The third-order valence-electron chi connectivity index (χ3n) is 0. The van der Waals surface area contributed by atoms with Crippen LogP contribution in [0.25, 0.3) is 0 Å². The second kappa shape index (κ2) is 5.62. The van der Waals surface area contributed by atoms with Crippen molar-refractivity contribution < 1.29 is 17.3 Å². The highest BCUT2D eigenvalue weighted by atomic mass is 32.2. The van der Waals surface area contributed by atoms with Gasteiger partial charge in [0.2, 0.25) is 0 Å². The summed E-state index contributed by atoms with van der Waals surface area (Å²) in [6, 6.07) is 0. The lowest BCUT2D eigenvalue weighted by Gasteiger charge is -1.94. The SMILES string of the molecule is F[B-](F)(F)F.SC[SH2+]. The van der Waals surface area contributed by atoms with E-state index in [1.807, 2.05) is 0 Å². The quantitative estimate of drug-likeness (QED) is 0.239. The fourth-order valence-corrected chi connectivity index (χ4v) is 0. The second-order valence-electron chi connectivity index (χ2n) is 0.653. The number of hydrogen-bond donors (Lipinski definition) is 1. The Morgan fingerprint density at radius 2 is 1.25 bits per heavy atom. The van der Waals surface area contributed by atoms with Crippen LogP contribution < -0.4 is 0 Å². The van der Waals surface area contributed by atoms with Crippen molar-refractivity contribution in [2.45, 2.75) is 0 Å². The molecule has 0 aromatic carbocycles. The van der Waals surface area contributed by atoms with E-state index in [2.05, 4.69) is 25.3 Å². The molecule has 0 aliphatic heterocycles. The van der Waals surface area contributed by atoms with Crippen LogP contribution >= 0.6 is 12.6 Å².